The summed E-state index contributed by atoms with van der Waals surface area (Å²) in [4.78, 5) is 28.1. The predicted molar refractivity (Wildman–Crippen MR) is 120 cm³/mol. The molecule has 1 heterocycles. The lowest BCUT2D eigenvalue weighted by Crippen LogP contribution is -2.50. The molecule has 0 N–H and O–H groups in total. The molecular weight excluding hydrogens is 400 g/mol. The molecule has 3 aromatic carbocycles. The van der Waals surface area contributed by atoms with Gasteiger partial charge in [0.1, 0.15) is 5.75 Å². The third-order valence-corrected chi connectivity index (χ3v) is 5.78. The van der Waals surface area contributed by atoms with Crippen LogP contribution in [0.5, 0.6) is 5.75 Å². The normalized spacial score (nSPS) is 14.1. The number of benzene rings is 3. The van der Waals surface area contributed by atoms with Crippen LogP contribution < -0.4 is 9.64 Å². The molecule has 154 valence electrons. The molecule has 0 bridgehead atoms. The van der Waals surface area contributed by atoms with E-state index in [2.05, 4.69) is 4.90 Å². The van der Waals surface area contributed by atoms with Crippen LogP contribution in [-0.2, 0) is 4.79 Å². The number of hydrogen-bond acceptors (Lipinski definition) is 4. The summed E-state index contributed by atoms with van der Waals surface area (Å²) in [6.07, 6.45) is 0. The maximum Gasteiger partial charge on any atom is 0.260 e. The van der Waals surface area contributed by atoms with E-state index in [1.54, 1.807) is 19.1 Å². The van der Waals surface area contributed by atoms with Gasteiger partial charge in [0.25, 0.3) is 5.91 Å². The van der Waals surface area contributed by atoms with Gasteiger partial charge in [-0.2, -0.15) is 0 Å². The van der Waals surface area contributed by atoms with E-state index < -0.39 is 0 Å². The number of Topliss-reactive ketones (excluding diaryl/α,β-unsaturated/α-hetero) is 1. The molecule has 5 nitrogen and oxygen atoms in total. The van der Waals surface area contributed by atoms with E-state index in [1.807, 2.05) is 53.4 Å². The summed E-state index contributed by atoms with van der Waals surface area (Å²) in [6, 6.07) is 18.9. The molecule has 1 aliphatic rings. The average molecular weight is 423 g/mol. The van der Waals surface area contributed by atoms with Crippen LogP contribution in [-0.4, -0.2) is 49.4 Å². The molecule has 0 spiro atoms. The van der Waals surface area contributed by atoms with Gasteiger partial charge in [0.15, 0.2) is 12.4 Å². The second kappa shape index (κ2) is 8.76. The number of hydrogen-bond donors (Lipinski definition) is 0. The third kappa shape index (κ3) is 4.26. The van der Waals surface area contributed by atoms with Crippen molar-refractivity contribution in [1.82, 2.24) is 4.90 Å². The number of amides is 1. The maximum absolute atomic E-state index is 12.7. The summed E-state index contributed by atoms with van der Waals surface area (Å²) in [6.45, 7) is 4.33. The molecular formula is C24H23ClN2O3. The highest BCUT2D eigenvalue weighted by Crippen LogP contribution is 2.31. The molecule has 1 fully saturated rings. The number of carbonyl (C=O) groups is 2. The molecule has 1 amide bonds. The van der Waals surface area contributed by atoms with E-state index in [4.69, 9.17) is 16.3 Å². The lowest BCUT2D eigenvalue weighted by atomic mass is 10.1. The number of halogens is 1. The number of carbonyl (C=O) groups excluding carboxylic acids is 2. The number of ether oxygens (including phenoxy) is 1. The molecule has 1 aliphatic heterocycles. The van der Waals surface area contributed by atoms with Crippen molar-refractivity contribution < 1.29 is 14.3 Å². The van der Waals surface area contributed by atoms with Crippen molar-refractivity contribution in [2.75, 3.05) is 37.7 Å². The third-order valence-electron chi connectivity index (χ3n) is 5.45. The molecule has 6 heteroatoms. The van der Waals surface area contributed by atoms with E-state index in [0.717, 1.165) is 29.5 Å². The molecule has 0 aliphatic carbocycles. The Hall–Kier alpha value is -3.05. The topological polar surface area (TPSA) is 49.9 Å². The molecule has 0 unspecified atom stereocenters. The zero-order chi connectivity index (χ0) is 21.1. The molecule has 3 aromatic rings. The van der Waals surface area contributed by atoms with Crippen molar-refractivity contribution in [3.8, 4) is 5.75 Å². The highest BCUT2D eigenvalue weighted by molar-refractivity contribution is 6.35. The molecule has 30 heavy (non-hydrogen) atoms. The summed E-state index contributed by atoms with van der Waals surface area (Å²) < 4.78 is 5.84. The zero-order valence-electron chi connectivity index (χ0n) is 16.8. The standard InChI is InChI=1S/C24H23ClN2O3/c1-17(28)18-6-8-19(9-7-18)26-12-14-27(15-13-26)24(29)16-30-23-11-10-22(25)20-4-2-3-5-21(20)23/h2-11H,12-16H2,1H3. The Morgan fingerprint density at radius 2 is 1.57 bits per heavy atom. The van der Waals surface area contributed by atoms with Crippen LogP contribution in [0.1, 0.15) is 17.3 Å². The number of rotatable bonds is 5. The Balaban J connectivity index is 1.34. The second-order valence-corrected chi connectivity index (χ2v) is 7.76. The Labute approximate surface area is 180 Å². The van der Waals surface area contributed by atoms with Gasteiger partial charge in [-0.1, -0.05) is 35.9 Å². The highest BCUT2D eigenvalue weighted by Gasteiger charge is 2.22. The van der Waals surface area contributed by atoms with Crippen LogP contribution in [0.4, 0.5) is 5.69 Å². The number of fused-ring (bicyclic) bond motifs is 1. The first kappa shape index (κ1) is 20.2. The smallest absolute Gasteiger partial charge is 0.260 e. The minimum absolute atomic E-state index is 0.00106. The molecule has 0 radical (unpaired) electrons. The SMILES string of the molecule is CC(=O)c1ccc(N2CCN(C(=O)COc3ccc(Cl)c4ccccc34)CC2)cc1. The van der Waals surface area contributed by atoms with Gasteiger partial charge in [0.2, 0.25) is 0 Å². The van der Waals surface area contributed by atoms with Gasteiger partial charge in [0.05, 0.1) is 0 Å². The fourth-order valence-electron chi connectivity index (χ4n) is 3.71. The minimum atomic E-state index is -0.0272. The summed E-state index contributed by atoms with van der Waals surface area (Å²) in [5, 5.41) is 2.47. The maximum atomic E-state index is 12.7. The largest absolute Gasteiger partial charge is 0.483 e. The van der Waals surface area contributed by atoms with Crippen LogP contribution in [0, 0.1) is 0 Å². The lowest BCUT2D eigenvalue weighted by molar-refractivity contribution is -0.133. The van der Waals surface area contributed by atoms with Crippen molar-refractivity contribution in [3.63, 3.8) is 0 Å². The average Bonchev–Trinajstić information content (AvgIpc) is 2.79. The van der Waals surface area contributed by atoms with E-state index in [-0.39, 0.29) is 18.3 Å². The van der Waals surface area contributed by atoms with Crippen LogP contribution in [0.25, 0.3) is 10.8 Å². The minimum Gasteiger partial charge on any atom is -0.483 e. The van der Waals surface area contributed by atoms with Crippen molar-refractivity contribution >= 4 is 39.8 Å². The van der Waals surface area contributed by atoms with Gasteiger partial charge in [-0.25, -0.2) is 0 Å². The molecule has 4 rings (SSSR count). The predicted octanol–water partition coefficient (Wildman–Crippen LogP) is 4.42. The first-order valence-electron chi connectivity index (χ1n) is 9.97. The van der Waals surface area contributed by atoms with Crippen molar-refractivity contribution in [3.05, 3.63) is 71.2 Å². The number of anilines is 1. The fourth-order valence-corrected chi connectivity index (χ4v) is 3.94. The van der Waals surface area contributed by atoms with Crippen LogP contribution in [0.2, 0.25) is 5.02 Å². The van der Waals surface area contributed by atoms with Gasteiger partial charge in [-0.15, -0.1) is 0 Å². The zero-order valence-corrected chi connectivity index (χ0v) is 17.6. The quantitative estimate of drug-likeness (QED) is 0.571. The first-order chi connectivity index (χ1) is 14.5. The van der Waals surface area contributed by atoms with Crippen molar-refractivity contribution in [1.29, 1.82) is 0 Å². The Morgan fingerprint density at radius 3 is 2.23 bits per heavy atom. The van der Waals surface area contributed by atoms with Crippen LogP contribution >= 0.6 is 11.6 Å². The summed E-state index contributed by atoms with van der Waals surface area (Å²) in [5.41, 5.74) is 1.77. The summed E-state index contributed by atoms with van der Waals surface area (Å²) in [5.74, 6) is 0.693. The Kier molecular flexibility index (Phi) is 5.91. The van der Waals surface area contributed by atoms with Gasteiger partial charge < -0.3 is 14.5 Å². The molecule has 0 aromatic heterocycles. The van der Waals surface area contributed by atoms with Crippen molar-refractivity contribution in [2.24, 2.45) is 0 Å². The molecule has 0 atom stereocenters. The number of nitrogens with zero attached hydrogens (tertiary/aromatic N) is 2. The van der Waals surface area contributed by atoms with Gasteiger partial charge in [-0.05, 0) is 43.3 Å². The Morgan fingerprint density at radius 1 is 0.900 bits per heavy atom. The number of ketones is 1. The van der Waals surface area contributed by atoms with Crippen LogP contribution in [0.3, 0.4) is 0 Å². The second-order valence-electron chi connectivity index (χ2n) is 7.35. The van der Waals surface area contributed by atoms with E-state index in [1.165, 1.54) is 0 Å². The highest BCUT2D eigenvalue weighted by atomic mass is 35.5. The molecule has 0 saturated carbocycles. The van der Waals surface area contributed by atoms with E-state index >= 15 is 0 Å². The van der Waals surface area contributed by atoms with Gasteiger partial charge >= 0.3 is 0 Å². The Bertz CT molecular complexity index is 1070. The fraction of sp³-hybridized carbons (Fsp3) is 0.250. The number of piperazine rings is 1. The van der Waals surface area contributed by atoms with Crippen LogP contribution in [0.15, 0.2) is 60.7 Å². The lowest BCUT2D eigenvalue weighted by Gasteiger charge is -2.36. The van der Waals surface area contributed by atoms with E-state index in [9.17, 15) is 9.59 Å². The molecule has 1 saturated heterocycles. The monoisotopic (exact) mass is 422 g/mol. The van der Waals surface area contributed by atoms with Crippen molar-refractivity contribution in [2.45, 2.75) is 6.92 Å². The summed E-state index contributed by atoms with van der Waals surface area (Å²) in [7, 11) is 0. The summed E-state index contributed by atoms with van der Waals surface area (Å²) >= 11 is 6.25. The van der Waals surface area contributed by atoms with E-state index in [0.29, 0.717) is 29.4 Å². The van der Waals surface area contributed by atoms with Gasteiger partial charge in [-0.3, -0.25) is 9.59 Å². The first-order valence-corrected chi connectivity index (χ1v) is 10.3. The van der Waals surface area contributed by atoms with Gasteiger partial charge in [0, 0.05) is 53.2 Å².